The second-order valence-electron chi connectivity index (χ2n) is 8.16. The predicted molar refractivity (Wildman–Crippen MR) is 122 cm³/mol. The first-order valence-corrected chi connectivity index (χ1v) is 11.1. The molecular weight excluding hydrogens is 400 g/mol. The van der Waals surface area contributed by atoms with Gasteiger partial charge in [0.2, 0.25) is 0 Å². The number of ether oxygens (including phenoxy) is 1. The van der Waals surface area contributed by atoms with Crippen molar-refractivity contribution in [2.75, 3.05) is 13.2 Å². The van der Waals surface area contributed by atoms with Crippen LogP contribution in [0.2, 0.25) is 0 Å². The number of aromatic nitrogens is 1. The van der Waals surface area contributed by atoms with Crippen molar-refractivity contribution in [3.05, 3.63) is 57.7 Å². The zero-order valence-electron chi connectivity index (χ0n) is 17.7. The van der Waals surface area contributed by atoms with Gasteiger partial charge in [-0.1, -0.05) is 36.8 Å². The third-order valence-corrected chi connectivity index (χ3v) is 5.93. The first kappa shape index (κ1) is 22.3. The molecular formula is C23H30N2O4S. The Bertz CT molecular complexity index is 1020. The molecule has 0 amide bonds. The molecule has 0 saturated carbocycles. The SMILES string of the molecule is CCCCOc1ccc(CC(C)(C)NCC(O)n2c(=O)sc3ccc(O)cc32)cc1. The van der Waals surface area contributed by atoms with Gasteiger partial charge in [0.05, 0.1) is 16.8 Å². The summed E-state index contributed by atoms with van der Waals surface area (Å²) in [5, 5.41) is 23.7. The zero-order valence-corrected chi connectivity index (χ0v) is 18.5. The van der Waals surface area contributed by atoms with Crippen molar-refractivity contribution in [1.29, 1.82) is 0 Å². The number of aliphatic hydroxyl groups is 1. The molecule has 0 saturated heterocycles. The van der Waals surface area contributed by atoms with Crippen LogP contribution >= 0.6 is 11.3 Å². The van der Waals surface area contributed by atoms with Crippen molar-refractivity contribution in [1.82, 2.24) is 9.88 Å². The topological polar surface area (TPSA) is 83.7 Å². The fraction of sp³-hybridized carbons (Fsp3) is 0.435. The minimum absolute atomic E-state index is 0.0664. The van der Waals surface area contributed by atoms with Crippen LogP contribution < -0.4 is 14.9 Å². The molecule has 0 aliphatic rings. The molecule has 162 valence electrons. The van der Waals surface area contributed by atoms with Crippen molar-refractivity contribution in [2.24, 2.45) is 0 Å². The molecule has 0 bridgehead atoms. The number of hydrogen-bond acceptors (Lipinski definition) is 6. The van der Waals surface area contributed by atoms with Crippen molar-refractivity contribution in [2.45, 2.75) is 51.8 Å². The molecule has 1 aromatic heterocycles. The second-order valence-corrected chi connectivity index (χ2v) is 9.15. The summed E-state index contributed by atoms with van der Waals surface area (Å²) in [5.41, 5.74) is 1.41. The van der Waals surface area contributed by atoms with E-state index in [-0.39, 0.29) is 22.7 Å². The Balaban J connectivity index is 1.61. The predicted octanol–water partition coefficient (Wildman–Crippen LogP) is 4.05. The first-order valence-electron chi connectivity index (χ1n) is 10.3. The molecule has 0 radical (unpaired) electrons. The molecule has 7 heteroatoms. The smallest absolute Gasteiger partial charge is 0.310 e. The molecule has 2 aromatic carbocycles. The van der Waals surface area contributed by atoms with E-state index in [0.29, 0.717) is 5.52 Å². The van der Waals surface area contributed by atoms with Gasteiger partial charge in [-0.3, -0.25) is 9.36 Å². The molecule has 3 aromatic rings. The average Bonchev–Trinajstić information content (AvgIpc) is 3.02. The van der Waals surface area contributed by atoms with Gasteiger partial charge in [-0.2, -0.15) is 0 Å². The van der Waals surface area contributed by atoms with Gasteiger partial charge in [-0.05, 0) is 56.5 Å². The number of thiazole rings is 1. The summed E-state index contributed by atoms with van der Waals surface area (Å²) in [7, 11) is 0. The van der Waals surface area contributed by atoms with Crippen LogP contribution in [0.25, 0.3) is 10.2 Å². The normalized spacial score (nSPS) is 12.9. The van der Waals surface area contributed by atoms with Crippen molar-refractivity contribution in [3.63, 3.8) is 0 Å². The number of aromatic hydroxyl groups is 1. The molecule has 1 heterocycles. The Morgan fingerprint density at radius 3 is 2.63 bits per heavy atom. The van der Waals surface area contributed by atoms with Crippen molar-refractivity contribution in [3.8, 4) is 11.5 Å². The highest BCUT2D eigenvalue weighted by Gasteiger charge is 2.22. The summed E-state index contributed by atoms with van der Waals surface area (Å²) in [6.45, 7) is 7.21. The van der Waals surface area contributed by atoms with Gasteiger partial charge >= 0.3 is 4.87 Å². The number of benzene rings is 2. The van der Waals surface area contributed by atoms with E-state index < -0.39 is 6.23 Å². The number of nitrogens with zero attached hydrogens (tertiary/aromatic N) is 1. The van der Waals surface area contributed by atoms with Gasteiger partial charge in [0.25, 0.3) is 0 Å². The molecule has 1 atom stereocenters. The first-order chi connectivity index (χ1) is 14.3. The summed E-state index contributed by atoms with van der Waals surface area (Å²) >= 11 is 1.06. The molecule has 1 unspecified atom stereocenters. The second kappa shape index (κ2) is 9.64. The largest absolute Gasteiger partial charge is 0.508 e. The van der Waals surface area contributed by atoms with E-state index in [1.807, 2.05) is 12.1 Å². The highest BCUT2D eigenvalue weighted by molar-refractivity contribution is 7.16. The lowest BCUT2D eigenvalue weighted by Crippen LogP contribution is -2.44. The van der Waals surface area contributed by atoms with Crippen LogP contribution in [0.1, 0.15) is 45.4 Å². The molecule has 0 spiro atoms. The van der Waals surface area contributed by atoms with E-state index in [4.69, 9.17) is 4.74 Å². The molecule has 0 aliphatic heterocycles. The standard InChI is InChI=1S/C23H30N2O4S/c1-4-5-12-29-18-9-6-16(7-10-18)14-23(2,3)24-15-21(27)25-19-13-17(26)8-11-20(19)30-22(25)28/h6-11,13,21,24,26-27H,4-5,12,14-15H2,1-3H3. The maximum Gasteiger partial charge on any atom is 0.310 e. The van der Waals surface area contributed by atoms with Crippen molar-refractivity contribution < 1.29 is 14.9 Å². The van der Waals surface area contributed by atoms with Crippen LogP contribution in [0, 0.1) is 0 Å². The fourth-order valence-corrected chi connectivity index (χ4v) is 4.28. The van der Waals surface area contributed by atoms with Crippen LogP contribution in [0.15, 0.2) is 47.3 Å². The number of aliphatic hydroxyl groups excluding tert-OH is 1. The summed E-state index contributed by atoms with van der Waals surface area (Å²) in [5.74, 6) is 0.942. The fourth-order valence-electron chi connectivity index (χ4n) is 3.37. The Hall–Kier alpha value is -2.35. The van der Waals surface area contributed by atoms with E-state index >= 15 is 0 Å². The summed E-state index contributed by atoms with van der Waals surface area (Å²) in [6, 6.07) is 12.8. The minimum Gasteiger partial charge on any atom is -0.508 e. The van der Waals surface area contributed by atoms with Gasteiger partial charge in [-0.25, -0.2) is 0 Å². The number of nitrogens with one attached hydrogen (secondary N) is 1. The van der Waals surface area contributed by atoms with Crippen LogP contribution in [-0.2, 0) is 6.42 Å². The number of hydrogen-bond donors (Lipinski definition) is 3. The number of phenolic OH excluding ortho intramolecular Hbond substituents is 1. The number of β-amino-alcohol motifs (C(OH)–C–C–N with tert-alkyl or cyclic N) is 1. The lowest BCUT2D eigenvalue weighted by Gasteiger charge is -2.28. The molecule has 6 nitrogen and oxygen atoms in total. The Morgan fingerprint density at radius 1 is 1.20 bits per heavy atom. The average molecular weight is 431 g/mol. The van der Waals surface area contributed by atoms with E-state index in [1.54, 1.807) is 6.07 Å². The van der Waals surface area contributed by atoms with Crippen LogP contribution in [0.5, 0.6) is 11.5 Å². The Labute approximate surface area is 180 Å². The molecule has 3 rings (SSSR count). The molecule has 0 fully saturated rings. The van der Waals surface area contributed by atoms with Gasteiger partial charge in [-0.15, -0.1) is 0 Å². The number of rotatable bonds is 10. The number of fused-ring (bicyclic) bond motifs is 1. The van der Waals surface area contributed by atoms with E-state index in [0.717, 1.165) is 53.2 Å². The number of unbranched alkanes of at least 4 members (excludes halogenated alkanes) is 1. The van der Waals surface area contributed by atoms with Gasteiger partial charge in [0.1, 0.15) is 17.7 Å². The van der Waals surface area contributed by atoms with E-state index in [1.165, 1.54) is 16.7 Å². The third kappa shape index (κ3) is 5.62. The molecule has 3 N–H and O–H groups in total. The summed E-state index contributed by atoms with van der Waals surface area (Å²) in [4.78, 5) is 12.1. The Kier molecular flexibility index (Phi) is 7.18. The van der Waals surface area contributed by atoms with E-state index in [9.17, 15) is 15.0 Å². The molecule has 30 heavy (non-hydrogen) atoms. The monoisotopic (exact) mass is 430 g/mol. The molecule has 0 aliphatic carbocycles. The maximum atomic E-state index is 12.3. The summed E-state index contributed by atoms with van der Waals surface area (Å²) < 4.78 is 7.77. The van der Waals surface area contributed by atoms with Crippen molar-refractivity contribution >= 4 is 21.6 Å². The van der Waals surface area contributed by atoms with E-state index in [2.05, 4.69) is 38.2 Å². The minimum atomic E-state index is -1.03. The lowest BCUT2D eigenvalue weighted by atomic mass is 9.95. The van der Waals surface area contributed by atoms with Gasteiger partial charge in [0, 0.05) is 18.2 Å². The van der Waals surface area contributed by atoms with Gasteiger partial charge in [0.15, 0.2) is 0 Å². The maximum absolute atomic E-state index is 12.3. The zero-order chi connectivity index (χ0) is 21.7. The van der Waals surface area contributed by atoms with Crippen LogP contribution in [0.4, 0.5) is 0 Å². The van der Waals surface area contributed by atoms with Crippen LogP contribution in [0.3, 0.4) is 0 Å². The Morgan fingerprint density at radius 2 is 1.93 bits per heavy atom. The summed E-state index contributed by atoms with van der Waals surface area (Å²) in [6.07, 6.45) is 1.89. The highest BCUT2D eigenvalue weighted by Crippen LogP contribution is 2.24. The lowest BCUT2D eigenvalue weighted by molar-refractivity contribution is 0.0956. The van der Waals surface area contributed by atoms with Crippen LogP contribution in [-0.4, -0.2) is 33.5 Å². The third-order valence-electron chi connectivity index (χ3n) is 4.99. The quantitative estimate of drug-likeness (QED) is 0.423. The number of phenols is 1. The van der Waals surface area contributed by atoms with Gasteiger partial charge < -0.3 is 20.3 Å². The highest BCUT2D eigenvalue weighted by atomic mass is 32.1.